The van der Waals surface area contributed by atoms with Crippen LogP contribution in [0.3, 0.4) is 0 Å². The van der Waals surface area contributed by atoms with E-state index in [2.05, 4.69) is 15.4 Å². The summed E-state index contributed by atoms with van der Waals surface area (Å²) >= 11 is 0. The molecule has 32 heavy (non-hydrogen) atoms. The molecular formula is C26H20N4O2. The molecule has 0 amide bonds. The van der Waals surface area contributed by atoms with E-state index in [1.54, 1.807) is 12.3 Å². The predicted octanol–water partition coefficient (Wildman–Crippen LogP) is 4.07. The molecule has 0 saturated heterocycles. The van der Waals surface area contributed by atoms with Crippen molar-refractivity contribution in [2.45, 2.75) is 5.54 Å². The fourth-order valence-corrected chi connectivity index (χ4v) is 4.13. The number of aromatic amines is 1. The lowest BCUT2D eigenvalue weighted by Gasteiger charge is -2.38. The normalized spacial score (nSPS) is 11.4. The summed E-state index contributed by atoms with van der Waals surface area (Å²) in [7, 11) is 0. The number of nitrogens with one attached hydrogen (secondary N) is 2. The number of aldehydes is 1. The molecule has 0 bridgehead atoms. The van der Waals surface area contributed by atoms with Crippen molar-refractivity contribution in [3.63, 3.8) is 0 Å². The Kier molecular flexibility index (Phi) is 4.88. The Bertz CT molecular complexity index is 1330. The third kappa shape index (κ3) is 3.09. The second kappa shape index (κ2) is 8.00. The lowest BCUT2D eigenvalue weighted by Crippen LogP contribution is -2.47. The van der Waals surface area contributed by atoms with E-state index in [0.717, 1.165) is 16.7 Å². The summed E-state index contributed by atoms with van der Waals surface area (Å²) in [6, 6.07) is 31.2. The molecular weight excluding hydrogens is 400 g/mol. The fourth-order valence-electron chi connectivity index (χ4n) is 4.13. The van der Waals surface area contributed by atoms with Gasteiger partial charge >= 0.3 is 0 Å². The average molecular weight is 420 g/mol. The molecule has 6 heteroatoms. The molecule has 0 radical (unpaired) electrons. The molecule has 3 aromatic carbocycles. The predicted molar refractivity (Wildman–Crippen MR) is 124 cm³/mol. The molecule has 0 aliphatic carbocycles. The Morgan fingerprint density at radius 2 is 1.28 bits per heavy atom. The van der Waals surface area contributed by atoms with Crippen LogP contribution in [0.5, 0.6) is 0 Å². The highest BCUT2D eigenvalue weighted by molar-refractivity contribution is 5.79. The second-order valence-electron chi connectivity index (χ2n) is 7.43. The van der Waals surface area contributed by atoms with Crippen LogP contribution in [0.2, 0.25) is 0 Å². The minimum atomic E-state index is -0.961. The van der Waals surface area contributed by atoms with Crippen molar-refractivity contribution in [2.75, 3.05) is 5.43 Å². The fraction of sp³-hybridized carbons (Fsp3) is 0.0385. The summed E-state index contributed by atoms with van der Waals surface area (Å²) < 4.78 is 1.25. The van der Waals surface area contributed by atoms with Crippen LogP contribution in [0, 0.1) is 0 Å². The average Bonchev–Trinajstić information content (AvgIpc) is 3.34. The van der Waals surface area contributed by atoms with E-state index in [0.29, 0.717) is 17.3 Å². The van der Waals surface area contributed by atoms with Gasteiger partial charge in [-0.25, -0.2) is 9.66 Å². The monoisotopic (exact) mass is 420 g/mol. The Balaban J connectivity index is 1.86. The maximum atomic E-state index is 13.4. The number of rotatable bonds is 6. The Labute approximate surface area is 184 Å². The van der Waals surface area contributed by atoms with Crippen LogP contribution >= 0.6 is 0 Å². The van der Waals surface area contributed by atoms with Crippen molar-refractivity contribution in [2.24, 2.45) is 0 Å². The summed E-state index contributed by atoms with van der Waals surface area (Å²) in [6.07, 6.45) is 2.22. The first-order valence-electron chi connectivity index (χ1n) is 10.2. The highest BCUT2D eigenvalue weighted by Gasteiger charge is 2.37. The molecule has 0 aliphatic heterocycles. The van der Waals surface area contributed by atoms with Gasteiger partial charge in [0.25, 0.3) is 5.56 Å². The molecule has 0 aliphatic rings. The molecule has 0 unspecified atom stereocenters. The minimum Gasteiger partial charge on any atom is -0.346 e. The van der Waals surface area contributed by atoms with E-state index in [1.807, 2.05) is 91.0 Å². The SMILES string of the molecule is O=Cc1nc2[nH]ccc2c(=O)n1NC(c1ccccc1)(c1ccccc1)c1ccccc1. The minimum absolute atomic E-state index is 0.0166. The maximum Gasteiger partial charge on any atom is 0.282 e. The van der Waals surface area contributed by atoms with Gasteiger partial charge in [-0.3, -0.25) is 9.59 Å². The molecule has 0 atom stereocenters. The third-order valence-electron chi connectivity index (χ3n) is 5.62. The first kappa shape index (κ1) is 19.5. The smallest absolute Gasteiger partial charge is 0.282 e. The van der Waals surface area contributed by atoms with Crippen molar-refractivity contribution in [1.82, 2.24) is 14.6 Å². The molecule has 2 N–H and O–H groups in total. The van der Waals surface area contributed by atoms with E-state index in [-0.39, 0.29) is 11.4 Å². The standard InChI is InChI=1S/C26H20N4O2/c31-18-23-28-24-22(16-17-27-24)25(32)30(23)29-26(19-10-4-1-5-11-19,20-12-6-2-7-13-20)21-14-8-3-9-15-21/h1-18,27,29H. The Morgan fingerprint density at radius 3 is 1.75 bits per heavy atom. The van der Waals surface area contributed by atoms with Crippen molar-refractivity contribution >= 4 is 17.3 Å². The van der Waals surface area contributed by atoms with Crippen LogP contribution in [0.4, 0.5) is 0 Å². The molecule has 5 aromatic rings. The molecule has 156 valence electrons. The van der Waals surface area contributed by atoms with E-state index >= 15 is 0 Å². The number of aromatic nitrogens is 3. The summed E-state index contributed by atoms with van der Waals surface area (Å²) in [5.41, 5.74) is 5.20. The lowest BCUT2D eigenvalue weighted by molar-refractivity contribution is 0.111. The molecule has 6 nitrogen and oxygen atoms in total. The van der Waals surface area contributed by atoms with Gasteiger partial charge < -0.3 is 10.4 Å². The van der Waals surface area contributed by atoms with E-state index < -0.39 is 5.54 Å². The topological polar surface area (TPSA) is 79.8 Å². The van der Waals surface area contributed by atoms with Gasteiger partial charge in [0.05, 0.1) is 5.39 Å². The molecule has 5 rings (SSSR count). The molecule has 0 saturated carbocycles. The van der Waals surface area contributed by atoms with Crippen molar-refractivity contribution < 1.29 is 4.79 Å². The molecule has 0 fully saturated rings. The zero-order valence-corrected chi connectivity index (χ0v) is 17.1. The number of H-pyrrole nitrogens is 1. The largest absolute Gasteiger partial charge is 0.346 e. The van der Waals surface area contributed by atoms with E-state index in [9.17, 15) is 9.59 Å². The molecule has 2 heterocycles. The highest BCUT2D eigenvalue weighted by Crippen LogP contribution is 2.37. The first-order valence-corrected chi connectivity index (χ1v) is 10.2. The first-order chi connectivity index (χ1) is 15.7. The Hall–Kier alpha value is -4.45. The summed E-state index contributed by atoms with van der Waals surface area (Å²) in [6.45, 7) is 0. The second-order valence-corrected chi connectivity index (χ2v) is 7.43. The third-order valence-corrected chi connectivity index (χ3v) is 5.62. The Morgan fingerprint density at radius 1 is 0.781 bits per heavy atom. The zero-order chi connectivity index (χ0) is 22.0. The van der Waals surface area contributed by atoms with Gasteiger partial charge in [-0.15, -0.1) is 0 Å². The van der Waals surface area contributed by atoms with Crippen LogP contribution in [-0.4, -0.2) is 20.9 Å². The van der Waals surface area contributed by atoms with Gasteiger partial charge in [0.2, 0.25) is 0 Å². The van der Waals surface area contributed by atoms with Gasteiger partial charge in [-0.05, 0) is 22.8 Å². The van der Waals surface area contributed by atoms with Gasteiger partial charge in [0.1, 0.15) is 11.2 Å². The van der Waals surface area contributed by atoms with Crippen molar-refractivity contribution in [1.29, 1.82) is 0 Å². The maximum absolute atomic E-state index is 13.4. The number of fused-ring (bicyclic) bond motifs is 1. The van der Waals surface area contributed by atoms with Gasteiger partial charge in [0.15, 0.2) is 12.1 Å². The van der Waals surface area contributed by atoms with Crippen LogP contribution in [-0.2, 0) is 5.54 Å². The van der Waals surface area contributed by atoms with Crippen LogP contribution in [0.25, 0.3) is 11.0 Å². The van der Waals surface area contributed by atoms with E-state index in [1.165, 1.54) is 4.68 Å². The van der Waals surface area contributed by atoms with Gasteiger partial charge in [0, 0.05) is 6.20 Å². The quantitative estimate of drug-likeness (QED) is 0.321. The van der Waals surface area contributed by atoms with Gasteiger partial charge in [-0.2, -0.15) is 0 Å². The summed E-state index contributed by atoms with van der Waals surface area (Å²) in [5.74, 6) is -0.0166. The molecule has 0 spiro atoms. The van der Waals surface area contributed by atoms with Crippen molar-refractivity contribution in [3.05, 3.63) is 136 Å². The van der Waals surface area contributed by atoms with Crippen LogP contribution in [0.15, 0.2) is 108 Å². The van der Waals surface area contributed by atoms with Crippen molar-refractivity contribution in [3.8, 4) is 0 Å². The van der Waals surface area contributed by atoms with Crippen LogP contribution in [0.1, 0.15) is 27.3 Å². The number of hydrogen-bond acceptors (Lipinski definition) is 4. The number of benzene rings is 3. The summed E-state index contributed by atoms with van der Waals surface area (Å²) in [4.78, 5) is 32.7. The number of nitrogens with zero attached hydrogens (tertiary/aromatic N) is 2. The number of carbonyl (C=O) groups is 1. The highest BCUT2D eigenvalue weighted by atomic mass is 16.1. The van der Waals surface area contributed by atoms with E-state index in [4.69, 9.17) is 0 Å². The van der Waals surface area contributed by atoms with Crippen LogP contribution < -0.4 is 11.0 Å². The molecule has 2 aromatic heterocycles. The lowest BCUT2D eigenvalue weighted by atomic mass is 9.77. The summed E-state index contributed by atoms with van der Waals surface area (Å²) in [5, 5.41) is 0.395. The number of hydrogen-bond donors (Lipinski definition) is 2. The zero-order valence-electron chi connectivity index (χ0n) is 17.1. The number of carbonyl (C=O) groups excluding carboxylic acids is 1. The van der Waals surface area contributed by atoms with Gasteiger partial charge in [-0.1, -0.05) is 91.0 Å².